The Morgan fingerprint density at radius 1 is 1.12 bits per heavy atom. The fourth-order valence-corrected chi connectivity index (χ4v) is 5.64. The number of hydrogen-bond acceptors (Lipinski definition) is 4. The van der Waals surface area contributed by atoms with Crippen molar-refractivity contribution in [3.05, 3.63) is 89.8 Å². The number of aromatic nitrogens is 2. The first-order valence-electron chi connectivity index (χ1n) is 12.0. The molecular weight excluding hydrogens is 408 g/mol. The molecule has 1 aliphatic carbocycles. The summed E-state index contributed by atoms with van der Waals surface area (Å²) in [4.78, 5) is 10.6. The lowest BCUT2D eigenvalue weighted by Crippen LogP contribution is -2.48. The molecule has 0 amide bonds. The Morgan fingerprint density at radius 2 is 1.85 bits per heavy atom. The summed E-state index contributed by atoms with van der Waals surface area (Å²) in [6.07, 6.45) is 9.36. The summed E-state index contributed by atoms with van der Waals surface area (Å²) in [5, 5.41) is 4.94. The number of nitrogens with zero attached hydrogens (tertiary/aromatic N) is 2. The van der Waals surface area contributed by atoms with Crippen LogP contribution < -0.4 is 5.32 Å². The number of hydrogen-bond donors (Lipinski definition) is 2. The van der Waals surface area contributed by atoms with Gasteiger partial charge < -0.3 is 14.7 Å². The number of benzene rings is 2. The van der Waals surface area contributed by atoms with Crippen LogP contribution >= 0.6 is 0 Å². The van der Waals surface area contributed by atoms with Crippen molar-refractivity contribution in [1.82, 2.24) is 20.2 Å². The Balaban J connectivity index is 1.38. The Bertz CT molecular complexity index is 1190. The molecule has 2 heterocycles. The number of aryl methyl sites for hydroxylation is 1. The highest BCUT2D eigenvalue weighted by atomic mass is 16.4. The van der Waals surface area contributed by atoms with Crippen LogP contribution in [-0.4, -0.2) is 35.0 Å². The zero-order valence-corrected chi connectivity index (χ0v) is 19.8. The molecule has 5 heteroatoms. The van der Waals surface area contributed by atoms with E-state index in [1.807, 2.05) is 13.1 Å². The van der Waals surface area contributed by atoms with Crippen molar-refractivity contribution in [3.63, 3.8) is 0 Å². The molecule has 172 valence electrons. The van der Waals surface area contributed by atoms with E-state index in [0.717, 1.165) is 43.8 Å². The van der Waals surface area contributed by atoms with Crippen LogP contribution in [0.1, 0.15) is 54.5 Å². The van der Waals surface area contributed by atoms with E-state index in [-0.39, 0.29) is 11.6 Å². The van der Waals surface area contributed by atoms with Gasteiger partial charge >= 0.3 is 0 Å². The summed E-state index contributed by atoms with van der Waals surface area (Å²) >= 11 is 0. The number of nitrogens with one attached hydrogen (secondary N) is 2. The molecule has 1 aliphatic rings. The van der Waals surface area contributed by atoms with Crippen LogP contribution in [0.15, 0.2) is 71.4 Å². The maximum absolute atomic E-state index is 6.07. The average Bonchev–Trinajstić information content (AvgIpc) is 3.48. The molecule has 5 nitrogen and oxygen atoms in total. The van der Waals surface area contributed by atoms with Crippen molar-refractivity contribution in [3.8, 4) is 0 Å². The summed E-state index contributed by atoms with van der Waals surface area (Å²) in [5.74, 6) is 1.68. The zero-order valence-electron chi connectivity index (χ0n) is 19.8. The highest BCUT2D eigenvalue weighted by Gasteiger charge is 2.38. The number of oxazole rings is 1. The Morgan fingerprint density at radius 3 is 2.55 bits per heavy atom. The van der Waals surface area contributed by atoms with Gasteiger partial charge in [-0.1, -0.05) is 48.5 Å². The van der Waals surface area contributed by atoms with Gasteiger partial charge in [-0.3, -0.25) is 4.90 Å². The van der Waals surface area contributed by atoms with Crippen molar-refractivity contribution < 1.29 is 4.42 Å². The van der Waals surface area contributed by atoms with Gasteiger partial charge in [-0.2, -0.15) is 0 Å². The lowest BCUT2D eigenvalue weighted by Gasteiger charge is -2.44. The summed E-state index contributed by atoms with van der Waals surface area (Å²) in [6, 6.07) is 20.0. The van der Waals surface area contributed by atoms with E-state index < -0.39 is 0 Å². The second kappa shape index (κ2) is 9.16. The van der Waals surface area contributed by atoms with Gasteiger partial charge in [0.05, 0.1) is 12.2 Å². The van der Waals surface area contributed by atoms with Crippen molar-refractivity contribution in [1.29, 1.82) is 0 Å². The first-order valence-corrected chi connectivity index (χ1v) is 12.0. The molecule has 33 heavy (non-hydrogen) atoms. The van der Waals surface area contributed by atoms with E-state index in [4.69, 9.17) is 4.42 Å². The molecule has 0 radical (unpaired) electrons. The van der Waals surface area contributed by atoms with Gasteiger partial charge in [0.2, 0.25) is 5.89 Å². The fraction of sp³-hybridized carbons (Fsp3) is 0.393. The number of likely N-dealkylation sites (N-methyl/N-ethyl adjacent to an activating group) is 1. The maximum Gasteiger partial charge on any atom is 0.212 e. The molecular formula is C28H34N4O. The van der Waals surface area contributed by atoms with Gasteiger partial charge in [-0.05, 0) is 70.3 Å². The second-order valence-corrected chi connectivity index (χ2v) is 9.48. The van der Waals surface area contributed by atoms with Gasteiger partial charge in [-0.25, -0.2) is 4.98 Å². The molecule has 5 rings (SSSR count). The molecule has 1 atom stereocenters. The normalized spacial score (nSPS) is 22.1. The Labute approximate surface area is 196 Å². The fourth-order valence-electron chi connectivity index (χ4n) is 5.64. The summed E-state index contributed by atoms with van der Waals surface area (Å²) in [6.45, 7) is 1.97. The van der Waals surface area contributed by atoms with Crippen LogP contribution in [0.25, 0.3) is 10.9 Å². The van der Waals surface area contributed by atoms with Crippen molar-refractivity contribution in [2.24, 2.45) is 0 Å². The number of H-pyrrole nitrogens is 1. The largest absolute Gasteiger partial charge is 0.444 e. The van der Waals surface area contributed by atoms with Crippen LogP contribution in [0.5, 0.6) is 0 Å². The van der Waals surface area contributed by atoms with Crippen LogP contribution in [0.2, 0.25) is 0 Å². The molecule has 2 aromatic carbocycles. The van der Waals surface area contributed by atoms with E-state index in [1.54, 1.807) is 0 Å². The lowest BCUT2D eigenvalue weighted by atomic mass is 9.74. The van der Waals surface area contributed by atoms with Crippen LogP contribution in [0.3, 0.4) is 0 Å². The first-order chi connectivity index (χ1) is 16.1. The third kappa shape index (κ3) is 4.23. The molecule has 0 unspecified atom stereocenters. The molecule has 4 aromatic rings. The van der Waals surface area contributed by atoms with Crippen LogP contribution in [-0.2, 0) is 12.0 Å². The molecule has 0 bridgehead atoms. The SMILES string of the molecule is CNC1(c2ccccc2)CCC(N(C)[C@H](Cc2c[nH]c3ccccc23)c2ncc(C)o2)CC1. The summed E-state index contributed by atoms with van der Waals surface area (Å²) in [5.41, 5.74) is 3.94. The lowest BCUT2D eigenvalue weighted by molar-refractivity contribution is 0.0869. The monoisotopic (exact) mass is 442 g/mol. The van der Waals surface area contributed by atoms with Crippen LogP contribution in [0, 0.1) is 6.92 Å². The van der Waals surface area contributed by atoms with Gasteiger partial charge in [0.15, 0.2) is 0 Å². The maximum atomic E-state index is 6.07. The smallest absolute Gasteiger partial charge is 0.212 e. The third-order valence-corrected chi connectivity index (χ3v) is 7.69. The van der Waals surface area contributed by atoms with E-state index in [1.165, 1.54) is 22.0 Å². The minimum atomic E-state index is 0.0600. The highest BCUT2D eigenvalue weighted by Crippen LogP contribution is 2.40. The number of fused-ring (bicyclic) bond motifs is 1. The zero-order chi connectivity index (χ0) is 22.8. The van der Waals surface area contributed by atoms with Gasteiger partial charge in [0.1, 0.15) is 5.76 Å². The first kappa shape index (κ1) is 21.9. The van der Waals surface area contributed by atoms with E-state index in [2.05, 4.69) is 95.1 Å². The van der Waals surface area contributed by atoms with Crippen molar-refractivity contribution >= 4 is 10.9 Å². The number of para-hydroxylation sites is 1. The number of rotatable bonds is 7. The standard InChI is InChI=1S/C28H34N4O/c1-20-18-31-27(33-20)26(17-21-19-30-25-12-8-7-11-24(21)25)32(3)23-13-15-28(29-2,16-14-23)22-9-5-4-6-10-22/h4-12,18-19,23,26,29-30H,13-17H2,1-3H3/t23?,26-,28?/m1/s1. The van der Waals surface area contributed by atoms with Crippen molar-refractivity contribution in [2.75, 3.05) is 14.1 Å². The molecule has 2 aromatic heterocycles. The summed E-state index contributed by atoms with van der Waals surface area (Å²) < 4.78 is 6.07. The molecule has 0 spiro atoms. The van der Waals surface area contributed by atoms with Gasteiger partial charge in [0.25, 0.3) is 0 Å². The van der Waals surface area contributed by atoms with Gasteiger partial charge in [0, 0.05) is 28.7 Å². The average molecular weight is 443 g/mol. The molecule has 1 saturated carbocycles. The van der Waals surface area contributed by atoms with E-state index in [0.29, 0.717) is 6.04 Å². The van der Waals surface area contributed by atoms with E-state index >= 15 is 0 Å². The molecule has 0 aliphatic heterocycles. The minimum absolute atomic E-state index is 0.0600. The van der Waals surface area contributed by atoms with Gasteiger partial charge in [-0.15, -0.1) is 0 Å². The highest BCUT2D eigenvalue weighted by molar-refractivity contribution is 5.83. The predicted octanol–water partition coefficient (Wildman–Crippen LogP) is 5.74. The molecule has 2 N–H and O–H groups in total. The quantitative estimate of drug-likeness (QED) is 0.383. The molecule has 0 saturated heterocycles. The number of aromatic amines is 1. The predicted molar refractivity (Wildman–Crippen MR) is 133 cm³/mol. The molecule has 1 fully saturated rings. The third-order valence-electron chi connectivity index (χ3n) is 7.69. The van der Waals surface area contributed by atoms with Crippen molar-refractivity contribution in [2.45, 2.75) is 56.7 Å². The Hall–Kier alpha value is -2.89. The summed E-state index contributed by atoms with van der Waals surface area (Å²) in [7, 11) is 4.35. The van der Waals surface area contributed by atoms with Crippen LogP contribution in [0.4, 0.5) is 0 Å². The Kier molecular flexibility index (Phi) is 6.09. The topological polar surface area (TPSA) is 57.1 Å². The van der Waals surface area contributed by atoms with E-state index in [9.17, 15) is 0 Å². The minimum Gasteiger partial charge on any atom is -0.444 e. The second-order valence-electron chi connectivity index (χ2n) is 9.48.